The molecule has 0 saturated heterocycles. The van der Waals surface area contributed by atoms with Gasteiger partial charge < -0.3 is 5.32 Å². The van der Waals surface area contributed by atoms with Crippen molar-refractivity contribution in [3.8, 4) is 0 Å². The number of rotatable bonds is 4. The Bertz CT molecular complexity index is 647. The first-order chi connectivity index (χ1) is 10.3. The maximum Gasteiger partial charge on any atom is 0.297 e. The topological polar surface area (TPSA) is 50.7 Å². The van der Waals surface area contributed by atoms with Crippen LogP contribution in [0.15, 0.2) is 24.3 Å². The van der Waals surface area contributed by atoms with Crippen molar-refractivity contribution in [1.29, 1.82) is 0 Å². The molecule has 1 aromatic heterocycles. The third-order valence-corrected chi connectivity index (χ3v) is 3.22. The zero-order valence-electron chi connectivity index (χ0n) is 10.7. The van der Waals surface area contributed by atoms with Gasteiger partial charge in [-0.3, -0.25) is 0 Å². The molecule has 0 spiro atoms. The minimum atomic E-state index is -2.91. The Morgan fingerprint density at radius 2 is 1.68 bits per heavy atom. The summed E-state index contributed by atoms with van der Waals surface area (Å²) in [6.07, 6.45) is -2.91. The number of nitrogens with one attached hydrogen (secondary N) is 1. The molecule has 0 aliphatic heterocycles. The molecule has 0 bridgehead atoms. The van der Waals surface area contributed by atoms with Crippen molar-refractivity contribution in [3.05, 3.63) is 46.5 Å². The molecule has 0 atom stereocenters. The fraction of sp³-hybridized carbons (Fsp3) is 0.250. The van der Waals surface area contributed by atoms with Gasteiger partial charge in [-0.15, -0.1) is 0 Å². The number of benzene rings is 1. The Labute approximate surface area is 144 Å². The van der Waals surface area contributed by atoms with Gasteiger partial charge in [0.2, 0.25) is 15.6 Å². The maximum atomic E-state index is 12.8. The molecular formula is C12H8Cl4F2N4. The number of aromatic nitrogens is 3. The molecule has 1 aromatic carbocycles. The molecule has 2 aromatic rings. The highest BCUT2D eigenvalue weighted by Gasteiger charge is 2.29. The van der Waals surface area contributed by atoms with Gasteiger partial charge in [0.05, 0.1) is 0 Å². The lowest BCUT2D eigenvalue weighted by Crippen LogP contribution is -2.15. The number of nitrogens with zero attached hydrogens (tertiary/aromatic N) is 3. The Morgan fingerprint density at radius 3 is 2.23 bits per heavy atom. The molecular weight excluding hydrogens is 380 g/mol. The van der Waals surface area contributed by atoms with Gasteiger partial charge in [-0.2, -0.15) is 9.97 Å². The van der Waals surface area contributed by atoms with Crippen LogP contribution in [-0.4, -0.2) is 15.0 Å². The molecule has 0 fully saturated rings. The molecule has 4 nitrogen and oxygen atoms in total. The van der Waals surface area contributed by atoms with Gasteiger partial charge >= 0.3 is 0 Å². The van der Waals surface area contributed by atoms with E-state index >= 15 is 0 Å². The van der Waals surface area contributed by atoms with Crippen LogP contribution >= 0.6 is 46.4 Å². The fourth-order valence-electron chi connectivity index (χ4n) is 1.48. The van der Waals surface area contributed by atoms with Crippen LogP contribution in [0.3, 0.4) is 0 Å². The van der Waals surface area contributed by atoms with Gasteiger partial charge in [-0.25, -0.2) is 13.8 Å². The van der Waals surface area contributed by atoms with Crippen molar-refractivity contribution < 1.29 is 8.78 Å². The molecule has 2 rings (SSSR count). The summed E-state index contributed by atoms with van der Waals surface area (Å²) in [6.45, 7) is 0.281. The van der Waals surface area contributed by atoms with Gasteiger partial charge in [-0.1, -0.05) is 58.5 Å². The zero-order chi connectivity index (χ0) is 16.3. The van der Waals surface area contributed by atoms with Gasteiger partial charge in [0.15, 0.2) is 5.82 Å². The highest BCUT2D eigenvalue weighted by atomic mass is 35.6. The van der Waals surface area contributed by atoms with Gasteiger partial charge in [0.25, 0.3) is 6.43 Å². The van der Waals surface area contributed by atoms with E-state index in [4.69, 9.17) is 46.4 Å². The first kappa shape index (κ1) is 17.4. The van der Waals surface area contributed by atoms with Crippen LogP contribution in [-0.2, 0) is 10.3 Å². The predicted molar refractivity (Wildman–Crippen MR) is 82.8 cm³/mol. The summed E-state index contributed by atoms with van der Waals surface area (Å²) in [5.74, 6) is -1.25. The third-order valence-electron chi connectivity index (χ3n) is 2.47. The zero-order valence-corrected chi connectivity index (χ0v) is 13.7. The highest BCUT2D eigenvalue weighted by Crippen LogP contribution is 2.36. The van der Waals surface area contributed by atoms with E-state index in [1.54, 1.807) is 24.3 Å². The summed E-state index contributed by atoms with van der Waals surface area (Å²) >= 11 is 22.7. The molecule has 1 N–H and O–H groups in total. The van der Waals surface area contributed by atoms with E-state index in [2.05, 4.69) is 20.3 Å². The van der Waals surface area contributed by atoms with E-state index < -0.39 is 16.0 Å². The molecule has 0 unspecified atom stereocenters. The first-order valence-corrected chi connectivity index (χ1v) is 7.36. The van der Waals surface area contributed by atoms with Crippen molar-refractivity contribution in [2.75, 3.05) is 5.32 Å². The van der Waals surface area contributed by atoms with Crippen LogP contribution < -0.4 is 5.32 Å². The van der Waals surface area contributed by atoms with Gasteiger partial charge in [0.1, 0.15) is 0 Å². The Balaban J connectivity index is 2.22. The minimum absolute atomic E-state index is 0.110. The smallest absolute Gasteiger partial charge is 0.297 e. The second-order valence-electron chi connectivity index (χ2n) is 4.12. The summed E-state index contributed by atoms with van der Waals surface area (Å²) in [6, 6.07) is 6.92. The van der Waals surface area contributed by atoms with Crippen LogP contribution in [0.5, 0.6) is 0 Å². The van der Waals surface area contributed by atoms with Crippen molar-refractivity contribution in [2.24, 2.45) is 0 Å². The molecule has 0 aliphatic rings. The summed E-state index contributed by atoms with van der Waals surface area (Å²) in [7, 11) is 0. The number of hydrogen-bond acceptors (Lipinski definition) is 4. The van der Waals surface area contributed by atoms with Crippen molar-refractivity contribution in [1.82, 2.24) is 15.0 Å². The minimum Gasteiger partial charge on any atom is -0.350 e. The van der Waals surface area contributed by atoms with Crippen LogP contribution in [0.25, 0.3) is 0 Å². The second-order valence-corrected chi connectivity index (χ2v) is 6.84. The summed E-state index contributed by atoms with van der Waals surface area (Å²) in [5.41, 5.74) is 0.846. The Kier molecular flexibility index (Phi) is 5.60. The molecule has 118 valence electrons. The van der Waals surface area contributed by atoms with E-state index in [0.29, 0.717) is 5.02 Å². The standard InChI is InChI=1S/C12H8Cl4F2N4/c13-7-3-1-6(2-4-7)5-19-11-21-9(8(17)18)20-10(22-11)12(14,15)16/h1-4,8H,5H2,(H,19,20,21,22). The van der Waals surface area contributed by atoms with E-state index in [1.165, 1.54) is 0 Å². The van der Waals surface area contributed by atoms with Crippen molar-refractivity contribution >= 4 is 52.4 Å². The first-order valence-electron chi connectivity index (χ1n) is 5.85. The summed E-state index contributed by atoms with van der Waals surface area (Å²) < 4.78 is 23.6. The lowest BCUT2D eigenvalue weighted by Gasteiger charge is -2.13. The number of hydrogen-bond donors (Lipinski definition) is 1. The quantitative estimate of drug-likeness (QED) is 0.758. The number of halogens is 6. The summed E-state index contributed by atoms with van der Waals surface area (Å²) in [4.78, 5) is 10.9. The molecule has 0 radical (unpaired) electrons. The SMILES string of the molecule is FC(F)c1nc(NCc2ccc(Cl)cc2)nc(C(Cl)(Cl)Cl)n1. The van der Waals surface area contributed by atoms with Gasteiger partial charge in [0, 0.05) is 11.6 Å². The lowest BCUT2D eigenvalue weighted by molar-refractivity contribution is 0.139. The predicted octanol–water partition coefficient (Wildman–Crippen LogP) is 4.90. The highest BCUT2D eigenvalue weighted by molar-refractivity contribution is 6.66. The third kappa shape index (κ3) is 4.78. The normalized spacial score (nSPS) is 11.8. The Hall–Kier alpha value is -0.950. The van der Waals surface area contributed by atoms with E-state index in [9.17, 15) is 8.78 Å². The van der Waals surface area contributed by atoms with E-state index in [0.717, 1.165) is 5.56 Å². The number of anilines is 1. The lowest BCUT2D eigenvalue weighted by atomic mass is 10.2. The fourth-order valence-corrected chi connectivity index (χ4v) is 1.86. The molecule has 0 saturated carbocycles. The average Bonchev–Trinajstić information content (AvgIpc) is 2.45. The molecule has 1 heterocycles. The molecule has 0 aliphatic carbocycles. The number of alkyl halides is 5. The maximum absolute atomic E-state index is 12.8. The van der Waals surface area contributed by atoms with Crippen LogP contribution in [0.1, 0.15) is 23.6 Å². The average molecular weight is 388 g/mol. The molecule has 22 heavy (non-hydrogen) atoms. The largest absolute Gasteiger partial charge is 0.350 e. The van der Waals surface area contributed by atoms with E-state index in [1.807, 2.05) is 0 Å². The summed E-state index contributed by atoms with van der Waals surface area (Å²) in [5, 5.41) is 3.36. The van der Waals surface area contributed by atoms with Crippen LogP contribution in [0.4, 0.5) is 14.7 Å². The molecule has 0 amide bonds. The van der Waals surface area contributed by atoms with Crippen molar-refractivity contribution in [3.63, 3.8) is 0 Å². The second kappa shape index (κ2) is 7.08. The van der Waals surface area contributed by atoms with Crippen LogP contribution in [0.2, 0.25) is 5.02 Å². The van der Waals surface area contributed by atoms with Crippen LogP contribution in [0, 0.1) is 0 Å². The monoisotopic (exact) mass is 386 g/mol. The Morgan fingerprint density at radius 1 is 1.05 bits per heavy atom. The van der Waals surface area contributed by atoms with Gasteiger partial charge in [-0.05, 0) is 17.7 Å². The van der Waals surface area contributed by atoms with E-state index in [-0.39, 0.29) is 18.3 Å². The van der Waals surface area contributed by atoms with Crippen molar-refractivity contribution in [2.45, 2.75) is 16.8 Å². The molecule has 10 heteroatoms.